The van der Waals surface area contributed by atoms with Crippen LogP contribution in [-0.2, 0) is 17.8 Å². The molecule has 2 rings (SSSR count). The van der Waals surface area contributed by atoms with Gasteiger partial charge in [-0.2, -0.15) is 0 Å². The Labute approximate surface area is 135 Å². The van der Waals surface area contributed by atoms with Crippen molar-refractivity contribution in [1.29, 1.82) is 0 Å². The average Bonchev–Trinajstić information content (AvgIpc) is 2.59. The lowest BCUT2D eigenvalue weighted by Gasteiger charge is -2.08. The van der Waals surface area contributed by atoms with Crippen LogP contribution in [0.25, 0.3) is 0 Å². The van der Waals surface area contributed by atoms with E-state index >= 15 is 0 Å². The van der Waals surface area contributed by atoms with Crippen LogP contribution in [0.3, 0.4) is 0 Å². The molecule has 5 heteroatoms. The standard InChI is InChI=1S/C18H20FNO3/c1-22-15-5-3-4-14(10-15)12-20-18(21)9-7-13-6-8-16(19)17(11-13)23-2/h3-6,8,10-11H,7,9,12H2,1-2H3,(H,20,21). The van der Waals surface area contributed by atoms with Gasteiger partial charge >= 0.3 is 0 Å². The van der Waals surface area contributed by atoms with Crippen molar-refractivity contribution in [2.45, 2.75) is 19.4 Å². The number of aryl methyl sites for hydroxylation is 1. The molecule has 0 unspecified atom stereocenters. The summed E-state index contributed by atoms with van der Waals surface area (Å²) in [5.74, 6) is 0.490. The van der Waals surface area contributed by atoms with Crippen LogP contribution in [-0.4, -0.2) is 20.1 Å². The van der Waals surface area contributed by atoms with Gasteiger partial charge in [0.2, 0.25) is 5.91 Å². The Morgan fingerprint density at radius 3 is 2.65 bits per heavy atom. The van der Waals surface area contributed by atoms with E-state index in [2.05, 4.69) is 5.32 Å². The maximum atomic E-state index is 13.3. The molecule has 2 aromatic rings. The number of methoxy groups -OCH3 is 2. The largest absolute Gasteiger partial charge is 0.497 e. The molecule has 1 amide bonds. The van der Waals surface area contributed by atoms with Crippen molar-refractivity contribution in [3.8, 4) is 11.5 Å². The summed E-state index contributed by atoms with van der Waals surface area (Å²) in [4.78, 5) is 11.9. The molecule has 0 atom stereocenters. The Hall–Kier alpha value is -2.56. The minimum Gasteiger partial charge on any atom is -0.497 e. The average molecular weight is 317 g/mol. The van der Waals surface area contributed by atoms with Crippen molar-refractivity contribution < 1.29 is 18.7 Å². The lowest BCUT2D eigenvalue weighted by molar-refractivity contribution is -0.121. The summed E-state index contributed by atoms with van der Waals surface area (Å²) in [6, 6.07) is 12.2. The highest BCUT2D eigenvalue weighted by atomic mass is 19.1. The summed E-state index contributed by atoms with van der Waals surface area (Å²) in [7, 11) is 3.03. The highest BCUT2D eigenvalue weighted by molar-refractivity contribution is 5.76. The first-order valence-electron chi connectivity index (χ1n) is 7.34. The zero-order chi connectivity index (χ0) is 16.7. The van der Waals surface area contributed by atoms with Crippen LogP contribution >= 0.6 is 0 Å². The van der Waals surface area contributed by atoms with Gasteiger partial charge in [-0.15, -0.1) is 0 Å². The van der Waals surface area contributed by atoms with Gasteiger partial charge < -0.3 is 14.8 Å². The Bertz CT molecular complexity index is 673. The van der Waals surface area contributed by atoms with Gasteiger partial charge in [0.25, 0.3) is 0 Å². The van der Waals surface area contributed by atoms with Crippen LogP contribution in [0.5, 0.6) is 11.5 Å². The molecule has 0 radical (unpaired) electrons. The van der Waals surface area contributed by atoms with Gasteiger partial charge in [-0.3, -0.25) is 4.79 Å². The molecule has 122 valence electrons. The Morgan fingerprint density at radius 1 is 1.09 bits per heavy atom. The van der Waals surface area contributed by atoms with E-state index < -0.39 is 5.82 Å². The molecule has 0 aliphatic carbocycles. The number of ether oxygens (including phenoxy) is 2. The van der Waals surface area contributed by atoms with Gasteiger partial charge in [0.15, 0.2) is 11.6 Å². The monoisotopic (exact) mass is 317 g/mol. The number of benzene rings is 2. The molecule has 0 aliphatic rings. The van der Waals surface area contributed by atoms with Crippen molar-refractivity contribution >= 4 is 5.91 Å². The third-order valence-electron chi connectivity index (χ3n) is 3.48. The van der Waals surface area contributed by atoms with E-state index in [-0.39, 0.29) is 11.7 Å². The molecule has 0 saturated heterocycles. The van der Waals surface area contributed by atoms with E-state index in [4.69, 9.17) is 9.47 Å². The van der Waals surface area contributed by atoms with Crippen LogP contribution in [0, 0.1) is 5.82 Å². The summed E-state index contributed by atoms with van der Waals surface area (Å²) >= 11 is 0. The van der Waals surface area contributed by atoms with Crippen molar-refractivity contribution in [1.82, 2.24) is 5.32 Å². The summed E-state index contributed by atoms with van der Waals surface area (Å²) in [5.41, 5.74) is 1.83. The smallest absolute Gasteiger partial charge is 0.220 e. The number of hydrogen-bond donors (Lipinski definition) is 1. The van der Waals surface area contributed by atoms with Crippen LogP contribution in [0.15, 0.2) is 42.5 Å². The van der Waals surface area contributed by atoms with Gasteiger partial charge in [-0.25, -0.2) is 4.39 Å². The van der Waals surface area contributed by atoms with E-state index in [1.165, 1.54) is 13.2 Å². The number of amides is 1. The van der Waals surface area contributed by atoms with Crippen LogP contribution in [0.1, 0.15) is 17.5 Å². The van der Waals surface area contributed by atoms with Crippen LogP contribution in [0.2, 0.25) is 0 Å². The predicted octanol–water partition coefficient (Wildman–Crippen LogP) is 3.09. The Kier molecular flexibility index (Phi) is 5.97. The molecule has 23 heavy (non-hydrogen) atoms. The predicted molar refractivity (Wildman–Crippen MR) is 86.1 cm³/mol. The summed E-state index contributed by atoms with van der Waals surface area (Å²) in [6.07, 6.45) is 0.860. The maximum Gasteiger partial charge on any atom is 0.220 e. The maximum absolute atomic E-state index is 13.3. The minimum atomic E-state index is -0.404. The first-order valence-corrected chi connectivity index (χ1v) is 7.34. The molecule has 4 nitrogen and oxygen atoms in total. The second-order valence-corrected chi connectivity index (χ2v) is 5.10. The quantitative estimate of drug-likeness (QED) is 0.853. The minimum absolute atomic E-state index is 0.0592. The summed E-state index contributed by atoms with van der Waals surface area (Å²) in [5, 5.41) is 2.86. The molecule has 0 aromatic heterocycles. The van der Waals surface area contributed by atoms with Gasteiger partial charge in [0, 0.05) is 13.0 Å². The second kappa shape index (κ2) is 8.17. The van der Waals surface area contributed by atoms with Crippen LogP contribution < -0.4 is 14.8 Å². The zero-order valence-corrected chi connectivity index (χ0v) is 13.3. The van der Waals surface area contributed by atoms with E-state index in [9.17, 15) is 9.18 Å². The molecular formula is C18H20FNO3. The van der Waals surface area contributed by atoms with Crippen molar-refractivity contribution in [3.05, 3.63) is 59.4 Å². The first-order chi connectivity index (χ1) is 11.1. The van der Waals surface area contributed by atoms with Gasteiger partial charge in [-0.1, -0.05) is 18.2 Å². The number of carbonyl (C=O) groups excluding carboxylic acids is 1. The number of nitrogens with one attached hydrogen (secondary N) is 1. The van der Waals surface area contributed by atoms with Gasteiger partial charge in [0.05, 0.1) is 14.2 Å². The zero-order valence-electron chi connectivity index (χ0n) is 13.3. The molecular weight excluding hydrogens is 297 g/mol. The molecule has 1 N–H and O–H groups in total. The number of carbonyl (C=O) groups is 1. The Balaban J connectivity index is 1.83. The fourth-order valence-electron chi connectivity index (χ4n) is 2.19. The SMILES string of the molecule is COc1cccc(CNC(=O)CCc2ccc(F)c(OC)c2)c1. The molecule has 0 bridgehead atoms. The lowest BCUT2D eigenvalue weighted by Crippen LogP contribution is -2.23. The third-order valence-corrected chi connectivity index (χ3v) is 3.48. The number of halogens is 1. The fourth-order valence-corrected chi connectivity index (χ4v) is 2.19. The molecule has 0 saturated carbocycles. The first kappa shape index (κ1) is 16.8. The molecule has 0 aliphatic heterocycles. The number of rotatable bonds is 7. The van der Waals surface area contributed by atoms with E-state index in [1.807, 2.05) is 24.3 Å². The summed E-state index contributed by atoms with van der Waals surface area (Å²) < 4.78 is 23.4. The number of hydrogen-bond acceptors (Lipinski definition) is 3. The highest BCUT2D eigenvalue weighted by Crippen LogP contribution is 2.19. The van der Waals surface area contributed by atoms with E-state index in [0.717, 1.165) is 16.9 Å². The highest BCUT2D eigenvalue weighted by Gasteiger charge is 2.06. The molecule has 0 heterocycles. The molecule has 2 aromatic carbocycles. The molecule has 0 spiro atoms. The van der Waals surface area contributed by atoms with Crippen molar-refractivity contribution in [3.63, 3.8) is 0 Å². The molecule has 0 fully saturated rings. The normalized spacial score (nSPS) is 10.2. The van der Waals surface area contributed by atoms with Gasteiger partial charge in [-0.05, 0) is 41.8 Å². The van der Waals surface area contributed by atoms with Crippen molar-refractivity contribution in [2.75, 3.05) is 14.2 Å². The lowest BCUT2D eigenvalue weighted by atomic mass is 10.1. The van der Waals surface area contributed by atoms with Crippen molar-refractivity contribution in [2.24, 2.45) is 0 Å². The topological polar surface area (TPSA) is 47.6 Å². The van der Waals surface area contributed by atoms with E-state index in [0.29, 0.717) is 19.4 Å². The fraction of sp³-hybridized carbons (Fsp3) is 0.278. The van der Waals surface area contributed by atoms with Gasteiger partial charge in [0.1, 0.15) is 5.75 Å². The Morgan fingerprint density at radius 2 is 1.91 bits per heavy atom. The third kappa shape index (κ3) is 4.98. The van der Waals surface area contributed by atoms with E-state index in [1.54, 1.807) is 19.2 Å². The summed E-state index contributed by atoms with van der Waals surface area (Å²) in [6.45, 7) is 0.447. The van der Waals surface area contributed by atoms with Crippen LogP contribution in [0.4, 0.5) is 4.39 Å². The second-order valence-electron chi connectivity index (χ2n) is 5.10.